The van der Waals surface area contributed by atoms with Crippen molar-refractivity contribution in [2.45, 2.75) is 51.9 Å². The van der Waals surface area contributed by atoms with Crippen LogP contribution in [0.1, 0.15) is 57.0 Å². The normalized spacial score (nSPS) is 22.6. The Bertz CT molecular complexity index is 365. The topological polar surface area (TPSA) is 30.2 Å². The number of hydrogen-bond donors (Lipinski definition) is 0. The minimum atomic E-state index is 0.195. The van der Waals surface area contributed by atoms with Gasteiger partial charge in [-0.15, -0.1) is 0 Å². The van der Waals surface area contributed by atoms with Crippen LogP contribution in [0, 0.1) is 5.92 Å². The third-order valence-electron chi connectivity index (χ3n) is 3.58. The SMILES string of the molecule is CCCc1ccc(C(C)C2CCCC2=O)o1. The predicted octanol–water partition coefficient (Wildman–Crippen LogP) is 3.70. The molecule has 0 N–H and O–H groups in total. The lowest BCUT2D eigenvalue weighted by Gasteiger charge is -2.14. The summed E-state index contributed by atoms with van der Waals surface area (Å²) in [6, 6.07) is 4.09. The van der Waals surface area contributed by atoms with Crippen molar-refractivity contribution in [2.75, 3.05) is 0 Å². The van der Waals surface area contributed by atoms with Crippen LogP contribution in [0.15, 0.2) is 16.5 Å². The highest BCUT2D eigenvalue weighted by atomic mass is 16.3. The fourth-order valence-corrected chi connectivity index (χ4v) is 2.59. The summed E-state index contributed by atoms with van der Waals surface area (Å²) in [5.74, 6) is 2.90. The first-order valence-electron chi connectivity index (χ1n) is 6.33. The molecule has 0 bridgehead atoms. The van der Waals surface area contributed by atoms with E-state index in [1.807, 2.05) is 6.07 Å². The van der Waals surface area contributed by atoms with Gasteiger partial charge in [0.1, 0.15) is 17.3 Å². The first kappa shape index (κ1) is 11.4. The predicted molar refractivity (Wildman–Crippen MR) is 63.5 cm³/mol. The largest absolute Gasteiger partial charge is 0.466 e. The zero-order chi connectivity index (χ0) is 11.5. The summed E-state index contributed by atoms with van der Waals surface area (Å²) in [7, 11) is 0. The van der Waals surface area contributed by atoms with E-state index in [4.69, 9.17) is 4.42 Å². The molecule has 1 aliphatic carbocycles. The van der Waals surface area contributed by atoms with Gasteiger partial charge in [-0.2, -0.15) is 0 Å². The van der Waals surface area contributed by atoms with Gasteiger partial charge in [-0.1, -0.05) is 13.8 Å². The molecule has 2 unspecified atom stereocenters. The van der Waals surface area contributed by atoms with Crippen molar-refractivity contribution in [1.82, 2.24) is 0 Å². The quantitative estimate of drug-likeness (QED) is 0.774. The van der Waals surface area contributed by atoms with Crippen LogP contribution < -0.4 is 0 Å². The maximum absolute atomic E-state index is 11.7. The van der Waals surface area contributed by atoms with Gasteiger partial charge in [-0.25, -0.2) is 0 Å². The van der Waals surface area contributed by atoms with E-state index >= 15 is 0 Å². The van der Waals surface area contributed by atoms with Gasteiger partial charge in [0.15, 0.2) is 0 Å². The summed E-state index contributed by atoms with van der Waals surface area (Å²) < 4.78 is 5.79. The van der Waals surface area contributed by atoms with E-state index in [1.54, 1.807) is 0 Å². The smallest absolute Gasteiger partial charge is 0.136 e. The molecule has 0 aromatic carbocycles. The summed E-state index contributed by atoms with van der Waals surface area (Å²) in [5, 5.41) is 0. The van der Waals surface area contributed by atoms with Gasteiger partial charge in [-0.05, 0) is 31.4 Å². The van der Waals surface area contributed by atoms with Crippen molar-refractivity contribution >= 4 is 5.78 Å². The summed E-state index contributed by atoms with van der Waals surface area (Å²) in [5.41, 5.74) is 0. The first-order chi connectivity index (χ1) is 7.72. The maximum Gasteiger partial charge on any atom is 0.136 e. The molecule has 88 valence electrons. The third kappa shape index (κ3) is 2.21. The van der Waals surface area contributed by atoms with Crippen LogP contribution in [0.4, 0.5) is 0 Å². The van der Waals surface area contributed by atoms with E-state index in [9.17, 15) is 4.79 Å². The molecule has 2 atom stereocenters. The van der Waals surface area contributed by atoms with E-state index in [0.29, 0.717) is 5.78 Å². The van der Waals surface area contributed by atoms with Gasteiger partial charge in [0.2, 0.25) is 0 Å². The zero-order valence-electron chi connectivity index (χ0n) is 10.2. The second-order valence-corrected chi connectivity index (χ2v) is 4.81. The molecule has 0 radical (unpaired) electrons. The van der Waals surface area contributed by atoms with E-state index in [-0.39, 0.29) is 11.8 Å². The Morgan fingerprint density at radius 2 is 2.31 bits per heavy atom. The van der Waals surface area contributed by atoms with Crippen LogP contribution in [0.25, 0.3) is 0 Å². The van der Waals surface area contributed by atoms with Gasteiger partial charge in [-0.3, -0.25) is 4.79 Å². The van der Waals surface area contributed by atoms with Crippen molar-refractivity contribution in [3.05, 3.63) is 23.7 Å². The van der Waals surface area contributed by atoms with Gasteiger partial charge < -0.3 is 4.42 Å². The lowest BCUT2D eigenvalue weighted by Crippen LogP contribution is -2.13. The molecule has 1 heterocycles. The Balaban J connectivity index is 2.07. The van der Waals surface area contributed by atoms with Crippen LogP contribution in [-0.4, -0.2) is 5.78 Å². The highest BCUT2D eigenvalue weighted by Crippen LogP contribution is 2.35. The van der Waals surface area contributed by atoms with Crippen LogP contribution in [0.5, 0.6) is 0 Å². The summed E-state index contributed by atoms with van der Waals surface area (Å²) >= 11 is 0. The maximum atomic E-state index is 11.7. The summed E-state index contributed by atoms with van der Waals surface area (Å²) in [4.78, 5) is 11.7. The van der Waals surface area contributed by atoms with Crippen LogP contribution in [0.3, 0.4) is 0 Å². The number of rotatable bonds is 4. The Morgan fingerprint density at radius 1 is 1.50 bits per heavy atom. The fraction of sp³-hybridized carbons (Fsp3) is 0.643. The van der Waals surface area contributed by atoms with Crippen LogP contribution in [0.2, 0.25) is 0 Å². The van der Waals surface area contributed by atoms with Gasteiger partial charge in [0.25, 0.3) is 0 Å². The lowest BCUT2D eigenvalue weighted by atomic mass is 9.90. The van der Waals surface area contributed by atoms with E-state index in [1.165, 1.54) is 0 Å². The number of carbonyl (C=O) groups is 1. The highest BCUT2D eigenvalue weighted by Gasteiger charge is 2.31. The molecule has 1 aromatic heterocycles. The monoisotopic (exact) mass is 220 g/mol. The van der Waals surface area contributed by atoms with Gasteiger partial charge >= 0.3 is 0 Å². The molecule has 0 saturated heterocycles. The summed E-state index contributed by atoms with van der Waals surface area (Å²) in [6.07, 6.45) is 4.94. The minimum absolute atomic E-state index is 0.195. The van der Waals surface area contributed by atoms with Crippen LogP contribution in [-0.2, 0) is 11.2 Å². The van der Waals surface area contributed by atoms with Crippen molar-refractivity contribution in [1.29, 1.82) is 0 Å². The van der Waals surface area contributed by atoms with Crippen molar-refractivity contribution in [3.63, 3.8) is 0 Å². The number of carbonyl (C=O) groups excluding carboxylic acids is 1. The zero-order valence-corrected chi connectivity index (χ0v) is 10.2. The van der Waals surface area contributed by atoms with Crippen LogP contribution >= 0.6 is 0 Å². The molecule has 1 fully saturated rings. The average molecular weight is 220 g/mol. The molecular formula is C14H20O2. The molecule has 1 saturated carbocycles. The van der Waals surface area contributed by atoms with Gasteiger partial charge in [0, 0.05) is 24.7 Å². The number of furan rings is 1. The van der Waals surface area contributed by atoms with Crippen molar-refractivity contribution in [3.8, 4) is 0 Å². The minimum Gasteiger partial charge on any atom is -0.466 e. The molecule has 0 amide bonds. The second kappa shape index (κ2) is 4.86. The number of Topliss-reactive ketones (excluding diaryl/α,β-unsaturated/α-hetero) is 1. The van der Waals surface area contributed by atoms with Crippen molar-refractivity contribution in [2.24, 2.45) is 5.92 Å². The number of hydrogen-bond acceptors (Lipinski definition) is 2. The highest BCUT2D eigenvalue weighted by molar-refractivity contribution is 5.83. The lowest BCUT2D eigenvalue weighted by molar-refractivity contribution is -0.121. The molecule has 1 aliphatic rings. The molecule has 2 nitrogen and oxygen atoms in total. The number of ketones is 1. The molecule has 2 rings (SSSR count). The molecular weight excluding hydrogens is 200 g/mol. The van der Waals surface area contributed by atoms with E-state index < -0.39 is 0 Å². The first-order valence-corrected chi connectivity index (χ1v) is 6.33. The Kier molecular flexibility index (Phi) is 3.47. The molecule has 0 spiro atoms. The van der Waals surface area contributed by atoms with Gasteiger partial charge in [0.05, 0.1) is 0 Å². The van der Waals surface area contributed by atoms with E-state index in [2.05, 4.69) is 19.9 Å². The number of aryl methyl sites for hydroxylation is 1. The standard InChI is InChI=1S/C14H20O2/c1-3-5-11-8-9-14(16-11)10(2)12-6-4-7-13(12)15/h8-10,12H,3-7H2,1-2H3. The molecule has 0 aliphatic heterocycles. The van der Waals surface area contributed by atoms with E-state index in [0.717, 1.165) is 43.6 Å². The third-order valence-corrected chi connectivity index (χ3v) is 3.58. The Labute approximate surface area is 97.0 Å². The Morgan fingerprint density at radius 3 is 2.94 bits per heavy atom. The molecule has 16 heavy (non-hydrogen) atoms. The molecule has 1 aromatic rings. The molecule has 2 heteroatoms. The second-order valence-electron chi connectivity index (χ2n) is 4.81. The fourth-order valence-electron chi connectivity index (χ4n) is 2.59. The Hall–Kier alpha value is -1.05. The summed E-state index contributed by atoms with van der Waals surface area (Å²) in [6.45, 7) is 4.26. The average Bonchev–Trinajstić information content (AvgIpc) is 2.87. The van der Waals surface area contributed by atoms with Crippen molar-refractivity contribution < 1.29 is 9.21 Å².